The van der Waals surface area contributed by atoms with Crippen molar-refractivity contribution in [2.45, 2.75) is 25.7 Å². The van der Waals surface area contributed by atoms with Crippen LogP contribution in [0.15, 0.2) is 18.2 Å². The molecule has 1 amide bonds. The molecular formula is C15H15ClN2O. The van der Waals surface area contributed by atoms with Crippen LogP contribution in [0.2, 0.25) is 5.02 Å². The second-order valence-corrected chi connectivity index (χ2v) is 5.25. The van der Waals surface area contributed by atoms with Crippen LogP contribution in [0.25, 0.3) is 10.9 Å². The molecule has 1 aromatic carbocycles. The van der Waals surface area contributed by atoms with E-state index < -0.39 is 0 Å². The first-order chi connectivity index (χ1) is 9.20. The summed E-state index contributed by atoms with van der Waals surface area (Å²) < 4.78 is 0. The summed E-state index contributed by atoms with van der Waals surface area (Å²) >= 11 is 6.48. The van der Waals surface area contributed by atoms with E-state index in [1.807, 2.05) is 12.1 Å². The highest BCUT2D eigenvalue weighted by Crippen LogP contribution is 2.33. The van der Waals surface area contributed by atoms with Gasteiger partial charge in [-0.2, -0.15) is 0 Å². The Morgan fingerprint density at radius 2 is 2.11 bits per heavy atom. The molecule has 98 valence electrons. The third-order valence-electron chi connectivity index (χ3n) is 3.68. The molecule has 0 radical (unpaired) electrons. The van der Waals surface area contributed by atoms with Gasteiger partial charge in [0.1, 0.15) is 0 Å². The molecule has 0 atom stereocenters. The summed E-state index contributed by atoms with van der Waals surface area (Å²) in [5, 5.41) is 4.37. The normalized spacial score (nSPS) is 14.2. The molecule has 0 unspecified atom stereocenters. The number of nitrogens with one attached hydrogen (secondary N) is 1. The number of halogens is 1. The third kappa shape index (κ3) is 2.08. The maximum atomic E-state index is 11.7. The molecule has 2 aromatic rings. The number of hydrogen-bond acceptors (Lipinski definition) is 2. The van der Waals surface area contributed by atoms with Crippen LogP contribution in [-0.2, 0) is 12.8 Å². The minimum absolute atomic E-state index is 0.0995. The van der Waals surface area contributed by atoms with Crippen molar-refractivity contribution in [3.05, 3.63) is 40.0 Å². The van der Waals surface area contributed by atoms with Crippen LogP contribution < -0.4 is 5.32 Å². The number of rotatable bonds is 1. The SMILES string of the molecule is CNC(=O)c1ccc2c(Cl)c3c(nc2c1)CCCC3. The Kier molecular flexibility index (Phi) is 3.15. The predicted molar refractivity (Wildman–Crippen MR) is 76.8 cm³/mol. The van der Waals surface area contributed by atoms with Gasteiger partial charge in [0.2, 0.25) is 0 Å². The van der Waals surface area contributed by atoms with Crippen molar-refractivity contribution in [3.63, 3.8) is 0 Å². The fourth-order valence-electron chi connectivity index (χ4n) is 2.65. The Balaban J connectivity index is 2.21. The number of aryl methyl sites for hydroxylation is 1. The number of benzene rings is 1. The lowest BCUT2D eigenvalue weighted by atomic mass is 9.94. The first kappa shape index (κ1) is 12.4. The van der Waals surface area contributed by atoms with Crippen LogP contribution in [0, 0.1) is 0 Å². The highest BCUT2D eigenvalue weighted by Gasteiger charge is 2.17. The van der Waals surface area contributed by atoms with Crippen molar-refractivity contribution in [2.75, 3.05) is 7.05 Å². The molecule has 3 nitrogen and oxygen atoms in total. The van der Waals surface area contributed by atoms with Gasteiger partial charge in [-0.3, -0.25) is 9.78 Å². The Hall–Kier alpha value is -1.61. The third-order valence-corrected chi connectivity index (χ3v) is 4.11. The topological polar surface area (TPSA) is 42.0 Å². The molecule has 0 aliphatic heterocycles. The Morgan fingerprint density at radius 3 is 2.89 bits per heavy atom. The van der Waals surface area contributed by atoms with E-state index in [0.29, 0.717) is 5.56 Å². The number of amides is 1. The van der Waals surface area contributed by atoms with E-state index in [9.17, 15) is 4.79 Å². The number of pyridine rings is 1. The van der Waals surface area contributed by atoms with E-state index in [0.717, 1.165) is 40.9 Å². The molecule has 3 rings (SSSR count). The molecule has 4 heteroatoms. The average molecular weight is 275 g/mol. The second kappa shape index (κ2) is 4.82. The molecule has 0 fully saturated rings. The van der Waals surface area contributed by atoms with Gasteiger partial charge in [-0.1, -0.05) is 17.7 Å². The van der Waals surface area contributed by atoms with Gasteiger partial charge in [-0.05, 0) is 43.4 Å². The van der Waals surface area contributed by atoms with Gasteiger partial charge in [0.25, 0.3) is 5.91 Å². The zero-order valence-electron chi connectivity index (χ0n) is 10.8. The maximum absolute atomic E-state index is 11.7. The van der Waals surface area contributed by atoms with E-state index in [1.54, 1.807) is 13.1 Å². The van der Waals surface area contributed by atoms with Gasteiger partial charge in [0.15, 0.2) is 0 Å². The molecule has 1 aliphatic carbocycles. The molecule has 1 aromatic heterocycles. The van der Waals surface area contributed by atoms with Gasteiger partial charge < -0.3 is 5.32 Å². The van der Waals surface area contributed by atoms with E-state index >= 15 is 0 Å². The van der Waals surface area contributed by atoms with Crippen molar-refractivity contribution in [1.29, 1.82) is 0 Å². The number of fused-ring (bicyclic) bond motifs is 2. The molecule has 1 N–H and O–H groups in total. The van der Waals surface area contributed by atoms with E-state index in [2.05, 4.69) is 10.3 Å². The number of carbonyl (C=O) groups excluding carboxylic acids is 1. The van der Waals surface area contributed by atoms with E-state index in [4.69, 9.17) is 11.6 Å². The van der Waals surface area contributed by atoms with E-state index in [-0.39, 0.29) is 5.91 Å². The summed E-state index contributed by atoms with van der Waals surface area (Å²) in [6, 6.07) is 5.50. The van der Waals surface area contributed by atoms with Gasteiger partial charge >= 0.3 is 0 Å². The van der Waals surface area contributed by atoms with Gasteiger partial charge in [-0.25, -0.2) is 0 Å². The number of carbonyl (C=O) groups is 1. The van der Waals surface area contributed by atoms with Crippen LogP contribution >= 0.6 is 11.6 Å². The standard InChI is InChI=1S/C15H15ClN2O/c1-17-15(19)9-6-7-11-13(8-9)18-12-5-3-2-4-10(12)14(11)16/h6-8H,2-5H2,1H3,(H,17,19). The minimum Gasteiger partial charge on any atom is -0.355 e. The lowest BCUT2D eigenvalue weighted by Crippen LogP contribution is -2.17. The smallest absolute Gasteiger partial charge is 0.251 e. The van der Waals surface area contributed by atoms with Gasteiger partial charge in [0.05, 0.1) is 10.5 Å². The zero-order valence-corrected chi connectivity index (χ0v) is 11.5. The highest BCUT2D eigenvalue weighted by atomic mass is 35.5. The minimum atomic E-state index is -0.0995. The van der Waals surface area contributed by atoms with Crippen molar-refractivity contribution in [1.82, 2.24) is 10.3 Å². The molecule has 0 spiro atoms. The number of nitrogens with zero attached hydrogens (tertiary/aromatic N) is 1. The van der Waals surface area contributed by atoms with Crippen LogP contribution in [-0.4, -0.2) is 17.9 Å². The fourth-order valence-corrected chi connectivity index (χ4v) is 3.02. The van der Waals surface area contributed by atoms with Crippen molar-refractivity contribution in [3.8, 4) is 0 Å². The molecule has 0 saturated heterocycles. The van der Waals surface area contributed by atoms with Crippen molar-refractivity contribution < 1.29 is 4.79 Å². The molecule has 19 heavy (non-hydrogen) atoms. The first-order valence-corrected chi connectivity index (χ1v) is 6.91. The lowest BCUT2D eigenvalue weighted by Gasteiger charge is -2.17. The number of hydrogen-bond donors (Lipinski definition) is 1. The molecular weight excluding hydrogens is 260 g/mol. The Labute approximate surface area is 117 Å². The monoisotopic (exact) mass is 274 g/mol. The molecule has 1 heterocycles. The van der Waals surface area contributed by atoms with Crippen LogP contribution in [0.5, 0.6) is 0 Å². The molecule has 0 bridgehead atoms. The quantitative estimate of drug-likeness (QED) is 0.868. The van der Waals surface area contributed by atoms with Crippen LogP contribution in [0.1, 0.15) is 34.5 Å². The van der Waals surface area contributed by atoms with E-state index in [1.165, 1.54) is 12.0 Å². The van der Waals surface area contributed by atoms with Crippen LogP contribution in [0.4, 0.5) is 0 Å². The van der Waals surface area contributed by atoms with Crippen molar-refractivity contribution >= 4 is 28.4 Å². The van der Waals surface area contributed by atoms with Crippen molar-refractivity contribution in [2.24, 2.45) is 0 Å². The molecule has 0 saturated carbocycles. The first-order valence-electron chi connectivity index (χ1n) is 6.54. The fraction of sp³-hybridized carbons (Fsp3) is 0.333. The van der Waals surface area contributed by atoms with Crippen LogP contribution in [0.3, 0.4) is 0 Å². The Bertz CT molecular complexity index is 667. The largest absolute Gasteiger partial charge is 0.355 e. The Morgan fingerprint density at radius 1 is 1.32 bits per heavy atom. The number of aromatic nitrogens is 1. The summed E-state index contributed by atoms with van der Waals surface area (Å²) in [5.41, 5.74) is 3.71. The average Bonchev–Trinajstić information content (AvgIpc) is 2.46. The maximum Gasteiger partial charge on any atom is 0.251 e. The summed E-state index contributed by atoms with van der Waals surface area (Å²) in [7, 11) is 1.62. The summed E-state index contributed by atoms with van der Waals surface area (Å²) in [6.07, 6.45) is 4.33. The summed E-state index contributed by atoms with van der Waals surface area (Å²) in [5.74, 6) is -0.0995. The summed E-state index contributed by atoms with van der Waals surface area (Å²) in [6.45, 7) is 0. The lowest BCUT2D eigenvalue weighted by molar-refractivity contribution is 0.0963. The van der Waals surface area contributed by atoms with Gasteiger partial charge in [-0.15, -0.1) is 0 Å². The highest BCUT2D eigenvalue weighted by molar-refractivity contribution is 6.36. The van der Waals surface area contributed by atoms with Gasteiger partial charge in [0, 0.05) is 23.7 Å². The summed E-state index contributed by atoms with van der Waals surface area (Å²) in [4.78, 5) is 16.3. The zero-order chi connectivity index (χ0) is 13.4. The predicted octanol–water partition coefficient (Wildman–Crippen LogP) is 3.13. The second-order valence-electron chi connectivity index (χ2n) is 4.87. The molecule has 1 aliphatic rings.